The van der Waals surface area contributed by atoms with Gasteiger partial charge in [-0.05, 0) is 81.7 Å². The predicted octanol–water partition coefficient (Wildman–Crippen LogP) is 3.06. The zero-order chi connectivity index (χ0) is 23.2. The number of hydrogen-bond acceptors (Lipinski definition) is 5. The summed E-state index contributed by atoms with van der Waals surface area (Å²) in [6.45, 7) is 3.98. The van der Waals surface area contributed by atoms with Crippen LogP contribution in [0.15, 0.2) is 36.4 Å². The number of nitrogens with one attached hydrogen (secondary N) is 1. The molecule has 7 rings (SSSR count). The number of phenols is 1. The van der Waals surface area contributed by atoms with E-state index in [0.717, 1.165) is 43.0 Å². The topological polar surface area (TPSA) is 82.0 Å². The molecule has 5 aliphatic rings. The fourth-order valence-electron chi connectivity index (χ4n) is 7.59. The highest BCUT2D eigenvalue weighted by Gasteiger charge is 2.73. The Bertz CT molecular complexity index is 1180. The van der Waals surface area contributed by atoms with Gasteiger partial charge in [0.15, 0.2) is 11.5 Å². The molecule has 6 nitrogen and oxygen atoms in total. The lowest BCUT2D eigenvalue weighted by Gasteiger charge is -2.64. The van der Waals surface area contributed by atoms with Gasteiger partial charge < -0.3 is 20.3 Å². The number of carbonyl (C=O) groups is 1. The van der Waals surface area contributed by atoms with Crippen LogP contribution in [-0.4, -0.2) is 57.9 Å². The van der Waals surface area contributed by atoms with Crippen molar-refractivity contribution in [3.05, 3.63) is 58.7 Å². The first kappa shape index (κ1) is 20.8. The van der Waals surface area contributed by atoms with E-state index in [1.807, 2.05) is 37.3 Å². The Balaban J connectivity index is 1.29. The average Bonchev–Trinajstić information content (AvgIpc) is 3.56. The smallest absolute Gasteiger partial charge is 0.251 e. The van der Waals surface area contributed by atoms with Gasteiger partial charge in [0.1, 0.15) is 6.10 Å². The van der Waals surface area contributed by atoms with Gasteiger partial charge in [0.2, 0.25) is 0 Å². The Morgan fingerprint density at radius 1 is 1.15 bits per heavy atom. The van der Waals surface area contributed by atoms with Crippen LogP contribution in [0, 0.1) is 12.8 Å². The van der Waals surface area contributed by atoms with Crippen LogP contribution < -0.4 is 10.1 Å². The molecule has 34 heavy (non-hydrogen) atoms. The van der Waals surface area contributed by atoms with Gasteiger partial charge in [0.05, 0.1) is 17.1 Å². The highest BCUT2D eigenvalue weighted by Crippen LogP contribution is 2.65. The first-order valence-corrected chi connectivity index (χ1v) is 12.8. The van der Waals surface area contributed by atoms with E-state index >= 15 is 0 Å². The molecule has 1 amide bonds. The molecule has 6 heteroatoms. The SMILES string of the molecule is Cc1ccc(C(=O)N[C@@H]2CC[C@@]3(O)[C@H]4Cc5ccc(O)c6c5C3(CCN4CC3CC3)[C@H]2O6)cc1. The van der Waals surface area contributed by atoms with Crippen molar-refractivity contribution in [1.29, 1.82) is 0 Å². The number of likely N-dealkylation sites (tertiary alicyclic amines) is 1. The standard InChI is InChI=1S/C28H32N2O4/c1-16-2-6-18(7-3-16)26(32)29-20-10-11-28(33)22-14-19-8-9-21(31)24-23(19)27(28,25(20)34-24)12-13-30(22)15-17-4-5-17/h2-3,6-9,17,20,22,25,31,33H,4-5,10-15H2,1H3,(H,29,32)/t20-,22-,25+,27?,28-/m1/s1. The van der Waals surface area contributed by atoms with E-state index in [1.54, 1.807) is 6.07 Å². The Kier molecular flexibility index (Phi) is 4.27. The zero-order valence-corrected chi connectivity index (χ0v) is 19.6. The molecule has 1 spiro atoms. The summed E-state index contributed by atoms with van der Waals surface area (Å²) in [6, 6.07) is 11.2. The summed E-state index contributed by atoms with van der Waals surface area (Å²) < 4.78 is 6.53. The molecule has 2 saturated carbocycles. The molecular weight excluding hydrogens is 428 g/mol. The number of nitrogens with zero attached hydrogens (tertiary/aromatic N) is 1. The number of ether oxygens (including phenoxy) is 1. The maximum absolute atomic E-state index is 13.2. The molecule has 2 heterocycles. The molecule has 2 aromatic carbocycles. The number of piperidine rings is 1. The highest BCUT2D eigenvalue weighted by molar-refractivity contribution is 5.94. The summed E-state index contributed by atoms with van der Waals surface area (Å²) >= 11 is 0. The van der Waals surface area contributed by atoms with Crippen LogP contribution in [0.5, 0.6) is 11.5 Å². The maximum atomic E-state index is 13.2. The van der Waals surface area contributed by atoms with Crippen molar-refractivity contribution in [2.45, 2.75) is 74.7 Å². The molecule has 2 aliphatic heterocycles. The number of hydrogen-bond donors (Lipinski definition) is 3. The third-order valence-electron chi connectivity index (χ3n) is 9.39. The van der Waals surface area contributed by atoms with Crippen molar-refractivity contribution in [3.8, 4) is 11.5 Å². The summed E-state index contributed by atoms with van der Waals surface area (Å²) in [5.74, 6) is 1.29. The fourth-order valence-corrected chi connectivity index (χ4v) is 7.59. The van der Waals surface area contributed by atoms with Gasteiger partial charge in [-0.15, -0.1) is 0 Å². The van der Waals surface area contributed by atoms with E-state index in [4.69, 9.17) is 4.74 Å². The summed E-state index contributed by atoms with van der Waals surface area (Å²) in [7, 11) is 0. The zero-order valence-electron chi connectivity index (χ0n) is 19.6. The minimum Gasteiger partial charge on any atom is -0.504 e. The summed E-state index contributed by atoms with van der Waals surface area (Å²) in [6.07, 6.45) is 5.01. The van der Waals surface area contributed by atoms with Crippen molar-refractivity contribution >= 4 is 5.91 Å². The minimum absolute atomic E-state index is 0.0460. The van der Waals surface area contributed by atoms with Crippen molar-refractivity contribution < 1.29 is 19.7 Å². The van der Waals surface area contributed by atoms with Gasteiger partial charge in [0.25, 0.3) is 5.91 Å². The molecule has 1 unspecified atom stereocenters. The molecule has 2 aromatic rings. The van der Waals surface area contributed by atoms with E-state index in [0.29, 0.717) is 24.2 Å². The number of aryl methyl sites for hydroxylation is 1. The third-order valence-corrected chi connectivity index (χ3v) is 9.39. The molecule has 0 radical (unpaired) electrons. The van der Waals surface area contributed by atoms with Gasteiger partial charge in [-0.2, -0.15) is 0 Å². The van der Waals surface area contributed by atoms with Crippen LogP contribution >= 0.6 is 0 Å². The second kappa shape index (κ2) is 6.98. The number of rotatable bonds is 4. The maximum Gasteiger partial charge on any atom is 0.251 e. The molecule has 0 aromatic heterocycles. The number of aliphatic hydroxyl groups is 1. The van der Waals surface area contributed by atoms with Crippen LogP contribution in [-0.2, 0) is 11.8 Å². The van der Waals surface area contributed by atoms with Gasteiger partial charge in [0, 0.05) is 23.7 Å². The normalized spacial score (nSPS) is 35.4. The van der Waals surface area contributed by atoms with Crippen LogP contribution in [0.1, 0.15) is 59.2 Å². The predicted molar refractivity (Wildman–Crippen MR) is 127 cm³/mol. The van der Waals surface area contributed by atoms with Crippen molar-refractivity contribution in [3.63, 3.8) is 0 Å². The third kappa shape index (κ3) is 2.67. The Morgan fingerprint density at radius 2 is 1.94 bits per heavy atom. The number of benzene rings is 2. The van der Waals surface area contributed by atoms with Crippen LogP contribution in [0.2, 0.25) is 0 Å². The van der Waals surface area contributed by atoms with E-state index in [2.05, 4.69) is 10.2 Å². The van der Waals surface area contributed by atoms with E-state index in [1.165, 1.54) is 18.4 Å². The highest BCUT2D eigenvalue weighted by atomic mass is 16.5. The first-order valence-electron chi connectivity index (χ1n) is 12.8. The molecular formula is C28H32N2O4. The summed E-state index contributed by atoms with van der Waals surface area (Å²) in [5.41, 5.74) is 2.38. The molecule has 3 fully saturated rings. The summed E-state index contributed by atoms with van der Waals surface area (Å²) in [5, 5.41) is 26.5. The Hall–Kier alpha value is -2.57. The number of aromatic hydroxyl groups is 1. The van der Waals surface area contributed by atoms with Crippen LogP contribution in [0.25, 0.3) is 0 Å². The van der Waals surface area contributed by atoms with Crippen molar-refractivity contribution in [2.75, 3.05) is 13.1 Å². The van der Waals surface area contributed by atoms with Crippen LogP contribution in [0.3, 0.4) is 0 Å². The van der Waals surface area contributed by atoms with E-state index < -0.39 is 17.1 Å². The average molecular weight is 461 g/mol. The van der Waals surface area contributed by atoms with Gasteiger partial charge in [-0.3, -0.25) is 9.69 Å². The van der Waals surface area contributed by atoms with Crippen molar-refractivity contribution in [1.82, 2.24) is 10.2 Å². The molecule has 5 atom stereocenters. The van der Waals surface area contributed by atoms with E-state index in [9.17, 15) is 15.0 Å². The molecule has 3 N–H and O–H groups in total. The Labute approximate surface area is 199 Å². The molecule has 178 valence electrons. The monoisotopic (exact) mass is 460 g/mol. The number of carbonyl (C=O) groups excluding carboxylic acids is 1. The van der Waals surface area contributed by atoms with E-state index in [-0.39, 0.29) is 23.7 Å². The number of amides is 1. The number of phenolic OH excluding ortho intramolecular Hbond substituents is 1. The fraction of sp³-hybridized carbons (Fsp3) is 0.536. The molecule has 2 bridgehead atoms. The summed E-state index contributed by atoms with van der Waals surface area (Å²) in [4.78, 5) is 15.7. The second-order valence-electron chi connectivity index (χ2n) is 11.3. The molecule has 3 aliphatic carbocycles. The lowest BCUT2D eigenvalue weighted by atomic mass is 9.48. The van der Waals surface area contributed by atoms with Gasteiger partial charge in [-0.1, -0.05) is 23.8 Å². The van der Waals surface area contributed by atoms with Gasteiger partial charge in [-0.25, -0.2) is 0 Å². The minimum atomic E-state index is -0.929. The van der Waals surface area contributed by atoms with Crippen LogP contribution in [0.4, 0.5) is 0 Å². The quantitative estimate of drug-likeness (QED) is 0.653. The first-order chi connectivity index (χ1) is 16.4. The largest absolute Gasteiger partial charge is 0.504 e. The van der Waals surface area contributed by atoms with Crippen molar-refractivity contribution in [2.24, 2.45) is 5.92 Å². The second-order valence-corrected chi connectivity index (χ2v) is 11.3. The lowest BCUT2D eigenvalue weighted by molar-refractivity contribution is -0.191. The Morgan fingerprint density at radius 3 is 2.71 bits per heavy atom. The molecule has 1 saturated heterocycles. The van der Waals surface area contributed by atoms with Gasteiger partial charge >= 0.3 is 0 Å². The lowest BCUT2D eigenvalue weighted by Crippen LogP contribution is -2.78.